The highest BCUT2D eigenvalue weighted by atomic mass is 16.5. The summed E-state index contributed by atoms with van der Waals surface area (Å²) in [6, 6.07) is 21.5. The molecular formula is C28H28N4O3. The number of nitrogens with one attached hydrogen (secondary N) is 1. The van der Waals surface area contributed by atoms with E-state index in [0.717, 1.165) is 27.9 Å². The van der Waals surface area contributed by atoms with Crippen LogP contribution < -0.4 is 14.8 Å². The fourth-order valence-corrected chi connectivity index (χ4v) is 3.74. The van der Waals surface area contributed by atoms with Gasteiger partial charge in [0.25, 0.3) is 5.91 Å². The van der Waals surface area contributed by atoms with Crippen LogP contribution >= 0.6 is 0 Å². The summed E-state index contributed by atoms with van der Waals surface area (Å²) in [5, 5.41) is 2.92. The quantitative estimate of drug-likeness (QED) is 0.377. The minimum atomic E-state index is -0.276. The molecule has 4 rings (SSSR count). The molecule has 35 heavy (non-hydrogen) atoms. The largest absolute Gasteiger partial charge is 0.495 e. The highest BCUT2D eigenvalue weighted by Gasteiger charge is 2.13. The highest BCUT2D eigenvalue weighted by molar-refractivity contribution is 5.94. The first kappa shape index (κ1) is 23.9. The third-order valence-electron chi connectivity index (χ3n) is 5.35. The summed E-state index contributed by atoms with van der Waals surface area (Å²) in [6.07, 6.45) is 5.03. The average Bonchev–Trinajstić information content (AvgIpc) is 2.88. The molecule has 0 bridgehead atoms. The Morgan fingerprint density at radius 1 is 0.914 bits per heavy atom. The lowest BCUT2D eigenvalue weighted by atomic mass is 10.0. The normalized spacial score (nSPS) is 10.7. The maximum absolute atomic E-state index is 12.8. The standard InChI is InChI=1S/C28H28N4O3/c1-32(2)18-23-15-22(25-17-29-13-14-30-25)10-11-26(23)35-19-28(33)31-24-16-21(9-12-27(24)34-3)20-7-5-4-6-8-20/h4-17H,18-19H2,1-3H3,(H,31,33). The van der Waals surface area contributed by atoms with E-state index in [9.17, 15) is 4.79 Å². The Morgan fingerprint density at radius 3 is 2.40 bits per heavy atom. The lowest BCUT2D eigenvalue weighted by Crippen LogP contribution is -2.21. The van der Waals surface area contributed by atoms with Crippen molar-refractivity contribution in [2.24, 2.45) is 0 Å². The molecule has 0 unspecified atom stereocenters. The maximum Gasteiger partial charge on any atom is 0.262 e. The number of methoxy groups -OCH3 is 1. The second-order valence-corrected chi connectivity index (χ2v) is 8.27. The van der Waals surface area contributed by atoms with E-state index in [1.807, 2.05) is 85.7 Å². The molecule has 7 heteroatoms. The van der Waals surface area contributed by atoms with Crippen LogP contribution in [0, 0.1) is 0 Å². The van der Waals surface area contributed by atoms with E-state index < -0.39 is 0 Å². The number of rotatable bonds is 9. The summed E-state index contributed by atoms with van der Waals surface area (Å²) >= 11 is 0. The fourth-order valence-electron chi connectivity index (χ4n) is 3.74. The molecule has 3 aromatic carbocycles. The highest BCUT2D eigenvalue weighted by Crippen LogP contribution is 2.31. The lowest BCUT2D eigenvalue weighted by Gasteiger charge is -2.17. The Kier molecular flexibility index (Phi) is 7.70. The summed E-state index contributed by atoms with van der Waals surface area (Å²) in [7, 11) is 5.55. The molecule has 178 valence electrons. The van der Waals surface area contributed by atoms with Crippen LogP contribution in [0.2, 0.25) is 0 Å². The van der Waals surface area contributed by atoms with E-state index in [-0.39, 0.29) is 12.5 Å². The number of hydrogen-bond acceptors (Lipinski definition) is 6. The van der Waals surface area contributed by atoms with Crippen molar-refractivity contribution in [1.82, 2.24) is 14.9 Å². The Labute approximate surface area is 205 Å². The molecule has 0 aliphatic carbocycles. The van der Waals surface area contributed by atoms with Crippen LogP contribution in [0.15, 0.2) is 85.3 Å². The first-order valence-corrected chi connectivity index (χ1v) is 11.2. The van der Waals surface area contributed by atoms with Gasteiger partial charge >= 0.3 is 0 Å². The number of anilines is 1. The molecule has 0 fully saturated rings. The van der Waals surface area contributed by atoms with Crippen molar-refractivity contribution in [1.29, 1.82) is 0 Å². The zero-order valence-corrected chi connectivity index (χ0v) is 20.1. The smallest absolute Gasteiger partial charge is 0.262 e. The summed E-state index contributed by atoms with van der Waals surface area (Å²) < 4.78 is 11.4. The van der Waals surface area contributed by atoms with Gasteiger partial charge in [-0.3, -0.25) is 14.8 Å². The third-order valence-corrected chi connectivity index (χ3v) is 5.35. The van der Waals surface area contributed by atoms with Crippen molar-refractivity contribution in [2.45, 2.75) is 6.54 Å². The van der Waals surface area contributed by atoms with Crippen molar-refractivity contribution in [2.75, 3.05) is 33.1 Å². The van der Waals surface area contributed by atoms with E-state index >= 15 is 0 Å². The molecule has 0 aliphatic heterocycles. The number of hydrogen-bond donors (Lipinski definition) is 1. The van der Waals surface area contributed by atoms with Crippen LogP contribution in [0.25, 0.3) is 22.4 Å². The number of benzene rings is 3. The summed E-state index contributed by atoms with van der Waals surface area (Å²) in [5.74, 6) is 0.952. The van der Waals surface area contributed by atoms with Crippen LogP contribution in [-0.4, -0.2) is 48.6 Å². The molecular weight excluding hydrogens is 440 g/mol. The van der Waals surface area contributed by atoms with Gasteiger partial charge in [-0.05, 0) is 55.6 Å². The molecule has 1 heterocycles. The Bertz CT molecular complexity index is 1280. The molecule has 0 atom stereocenters. The average molecular weight is 469 g/mol. The molecule has 0 saturated heterocycles. The topological polar surface area (TPSA) is 76.6 Å². The predicted molar refractivity (Wildman–Crippen MR) is 137 cm³/mol. The molecule has 1 N–H and O–H groups in total. The van der Waals surface area contributed by atoms with Crippen molar-refractivity contribution in [3.05, 3.63) is 90.9 Å². The van der Waals surface area contributed by atoms with Crippen LogP contribution in [0.4, 0.5) is 5.69 Å². The number of nitrogens with zero attached hydrogens (tertiary/aromatic N) is 3. The van der Waals surface area contributed by atoms with E-state index in [1.165, 1.54) is 0 Å². The molecule has 1 aromatic heterocycles. The van der Waals surface area contributed by atoms with Crippen molar-refractivity contribution in [3.63, 3.8) is 0 Å². The molecule has 0 spiro atoms. The second-order valence-electron chi connectivity index (χ2n) is 8.27. The minimum absolute atomic E-state index is 0.135. The van der Waals surface area contributed by atoms with E-state index in [2.05, 4.69) is 15.3 Å². The first-order valence-electron chi connectivity index (χ1n) is 11.2. The molecule has 4 aromatic rings. The van der Waals surface area contributed by atoms with E-state index in [0.29, 0.717) is 23.7 Å². The van der Waals surface area contributed by atoms with Gasteiger partial charge in [-0.25, -0.2) is 0 Å². The Morgan fingerprint density at radius 2 is 1.69 bits per heavy atom. The number of carbonyl (C=O) groups excluding carboxylic acids is 1. The van der Waals surface area contributed by atoms with Gasteiger partial charge in [-0.1, -0.05) is 36.4 Å². The summed E-state index contributed by atoms with van der Waals surface area (Å²) in [5.41, 5.74) is 5.30. The monoisotopic (exact) mass is 468 g/mol. The zero-order valence-electron chi connectivity index (χ0n) is 20.1. The van der Waals surface area contributed by atoms with Gasteiger partial charge in [-0.2, -0.15) is 0 Å². The minimum Gasteiger partial charge on any atom is -0.495 e. The van der Waals surface area contributed by atoms with Gasteiger partial charge in [0.1, 0.15) is 11.5 Å². The van der Waals surface area contributed by atoms with E-state index in [4.69, 9.17) is 9.47 Å². The molecule has 1 amide bonds. The lowest BCUT2D eigenvalue weighted by molar-refractivity contribution is -0.118. The maximum atomic E-state index is 12.8. The fraction of sp³-hybridized carbons (Fsp3) is 0.179. The van der Waals surface area contributed by atoms with E-state index in [1.54, 1.807) is 25.7 Å². The van der Waals surface area contributed by atoms with Crippen LogP contribution in [0.3, 0.4) is 0 Å². The van der Waals surface area contributed by atoms with Crippen LogP contribution in [0.5, 0.6) is 11.5 Å². The number of amides is 1. The Hall–Kier alpha value is -4.23. The van der Waals surface area contributed by atoms with Crippen molar-refractivity contribution < 1.29 is 14.3 Å². The number of carbonyl (C=O) groups is 1. The van der Waals surface area contributed by atoms with Gasteiger partial charge in [0.05, 0.1) is 24.7 Å². The van der Waals surface area contributed by atoms with Crippen LogP contribution in [-0.2, 0) is 11.3 Å². The summed E-state index contributed by atoms with van der Waals surface area (Å²) in [6.45, 7) is 0.516. The van der Waals surface area contributed by atoms with Gasteiger partial charge in [0.15, 0.2) is 6.61 Å². The van der Waals surface area contributed by atoms with Crippen LogP contribution in [0.1, 0.15) is 5.56 Å². The van der Waals surface area contributed by atoms with Gasteiger partial charge < -0.3 is 19.7 Å². The predicted octanol–water partition coefficient (Wildman–Crippen LogP) is 4.90. The van der Waals surface area contributed by atoms with Gasteiger partial charge in [0.2, 0.25) is 0 Å². The SMILES string of the molecule is COc1ccc(-c2ccccc2)cc1NC(=O)COc1ccc(-c2cnccn2)cc1CN(C)C. The number of aromatic nitrogens is 2. The molecule has 0 aliphatic rings. The second kappa shape index (κ2) is 11.3. The molecule has 7 nitrogen and oxygen atoms in total. The van der Waals surface area contributed by atoms with Crippen molar-refractivity contribution in [3.8, 4) is 33.9 Å². The third kappa shape index (κ3) is 6.22. The summed E-state index contributed by atoms with van der Waals surface area (Å²) in [4.78, 5) is 23.4. The molecule has 0 radical (unpaired) electrons. The molecule has 0 saturated carbocycles. The van der Waals surface area contributed by atoms with Gasteiger partial charge in [0, 0.05) is 30.1 Å². The Balaban J connectivity index is 1.49. The van der Waals surface area contributed by atoms with Crippen molar-refractivity contribution >= 4 is 11.6 Å². The number of ether oxygens (including phenoxy) is 2. The zero-order chi connectivity index (χ0) is 24.6. The van der Waals surface area contributed by atoms with Gasteiger partial charge in [-0.15, -0.1) is 0 Å². The first-order chi connectivity index (χ1) is 17.0.